The molecule has 0 atom stereocenters. The molecule has 2 N–H and O–H groups in total. The normalized spacial score (nSPS) is 11.3. The van der Waals surface area contributed by atoms with Crippen LogP contribution < -0.4 is 14.8 Å². The van der Waals surface area contributed by atoms with E-state index in [9.17, 15) is 13.2 Å². The predicted octanol–water partition coefficient (Wildman–Crippen LogP) is 3.80. The summed E-state index contributed by atoms with van der Waals surface area (Å²) < 4.78 is 31.4. The number of rotatable bonds is 7. The number of nitrogens with one attached hydrogen (secondary N) is 2. The first-order valence-corrected chi connectivity index (χ1v) is 11.2. The van der Waals surface area contributed by atoms with Crippen molar-refractivity contribution in [2.45, 2.75) is 27.2 Å². The molecule has 3 rings (SSSR count). The summed E-state index contributed by atoms with van der Waals surface area (Å²) in [6.07, 6.45) is 0.183. The quantitative estimate of drug-likeness (QED) is 0.598. The Morgan fingerprint density at radius 1 is 1.13 bits per heavy atom. The van der Waals surface area contributed by atoms with Crippen molar-refractivity contribution in [1.82, 2.24) is 4.98 Å². The Morgan fingerprint density at radius 3 is 2.57 bits per heavy atom. The van der Waals surface area contributed by atoms with Crippen LogP contribution in [0.3, 0.4) is 0 Å². The van der Waals surface area contributed by atoms with E-state index in [0.29, 0.717) is 17.1 Å². The molecule has 0 radical (unpaired) electrons. The van der Waals surface area contributed by atoms with E-state index in [1.54, 1.807) is 25.1 Å². The topological polar surface area (TPSA) is 97.4 Å². The number of methoxy groups -OCH3 is 1. The number of amides is 1. The van der Waals surface area contributed by atoms with Crippen LogP contribution in [-0.2, 0) is 21.2 Å². The molecule has 0 saturated carbocycles. The Bertz CT molecular complexity index is 1210. The van der Waals surface area contributed by atoms with E-state index in [2.05, 4.69) is 15.0 Å². The van der Waals surface area contributed by atoms with Gasteiger partial charge in [0.1, 0.15) is 5.75 Å². The highest BCUT2D eigenvalue weighted by atomic mass is 32.2. The summed E-state index contributed by atoms with van der Waals surface area (Å²) in [7, 11) is -1.99. The van der Waals surface area contributed by atoms with Gasteiger partial charge in [0.05, 0.1) is 30.5 Å². The third kappa shape index (κ3) is 4.71. The van der Waals surface area contributed by atoms with Crippen LogP contribution in [0.25, 0.3) is 10.9 Å². The summed E-state index contributed by atoms with van der Waals surface area (Å²) in [6, 6.07) is 12.6. The molecule has 8 heteroatoms. The average Bonchev–Trinajstić information content (AvgIpc) is 2.72. The van der Waals surface area contributed by atoms with Gasteiger partial charge in [0, 0.05) is 22.8 Å². The molecule has 1 heterocycles. The van der Waals surface area contributed by atoms with Crippen molar-refractivity contribution in [2.75, 3.05) is 22.9 Å². The lowest BCUT2D eigenvalue weighted by Gasteiger charge is -2.14. The van der Waals surface area contributed by atoms with Gasteiger partial charge in [-0.15, -0.1) is 0 Å². The Labute approximate surface area is 176 Å². The number of hydrogen-bond donors (Lipinski definition) is 2. The van der Waals surface area contributed by atoms with Gasteiger partial charge in [-0.1, -0.05) is 18.2 Å². The smallest absolute Gasteiger partial charge is 0.232 e. The van der Waals surface area contributed by atoms with Crippen molar-refractivity contribution in [3.8, 4) is 5.75 Å². The van der Waals surface area contributed by atoms with Crippen LogP contribution in [-0.4, -0.2) is 32.2 Å². The second-order valence-corrected chi connectivity index (χ2v) is 8.97. The van der Waals surface area contributed by atoms with E-state index in [0.717, 1.165) is 27.7 Å². The maximum absolute atomic E-state index is 12.7. The molecule has 7 nitrogen and oxygen atoms in total. The number of anilines is 2. The van der Waals surface area contributed by atoms with Crippen molar-refractivity contribution >= 4 is 38.2 Å². The van der Waals surface area contributed by atoms with E-state index < -0.39 is 10.0 Å². The van der Waals surface area contributed by atoms with Gasteiger partial charge in [0.2, 0.25) is 15.9 Å². The first-order valence-electron chi connectivity index (χ1n) is 9.57. The van der Waals surface area contributed by atoms with Crippen molar-refractivity contribution in [1.29, 1.82) is 0 Å². The molecule has 0 aliphatic heterocycles. The number of nitrogens with zero attached hydrogens (tertiary/aromatic N) is 1. The van der Waals surface area contributed by atoms with Crippen molar-refractivity contribution in [2.24, 2.45) is 0 Å². The lowest BCUT2D eigenvalue weighted by molar-refractivity contribution is -0.115. The number of aryl methyl sites for hydroxylation is 2. The summed E-state index contributed by atoms with van der Waals surface area (Å²) in [5.74, 6) is 0.0828. The number of pyridine rings is 1. The van der Waals surface area contributed by atoms with Gasteiger partial charge in [-0.25, -0.2) is 8.42 Å². The SMILES string of the molecule is CCS(=O)(=O)Nc1ccc(NC(=O)Cc2c(C)nc3ccccc3c2C)cc1OC. The van der Waals surface area contributed by atoms with Crippen LogP contribution in [0.2, 0.25) is 0 Å². The number of hydrogen-bond acceptors (Lipinski definition) is 5. The van der Waals surface area contributed by atoms with Gasteiger partial charge in [-0.3, -0.25) is 14.5 Å². The fourth-order valence-electron chi connectivity index (χ4n) is 3.29. The lowest BCUT2D eigenvalue weighted by Crippen LogP contribution is -2.17. The standard InChI is InChI=1S/C22H25N3O4S/c1-5-30(27,28)25-20-11-10-16(12-21(20)29-4)24-22(26)13-18-14(2)17-8-6-7-9-19(17)23-15(18)3/h6-12,25H,5,13H2,1-4H3,(H,24,26). The van der Waals surface area contributed by atoms with Crippen LogP contribution in [0.4, 0.5) is 11.4 Å². The second-order valence-electron chi connectivity index (χ2n) is 6.96. The summed E-state index contributed by atoms with van der Waals surface area (Å²) in [6.45, 7) is 5.45. The number of sulfonamides is 1. The molecule has 30 heavy (non-hydrogen) atoms. The molecule has 0 bridgehead atoms. The fraction of sp³-hybridized carbons (Fsp3) is 0.273. The zero-order chi connectivity index (χ0) is 21.9. The van der Waals surface area contributed by atoms with E-state index in [-0.39, 0.29) is 18.1 Å². The van der Waals surface area contributed by atoms with Crippen molar-refractivity contribution in [3.63, 3.8) is 0 Å². The van der Waals surface area contributed by atoms with Crippen molar-refractivity contribution < 1.29 is 17.9 Å². The summed E-state index contributed by atoms with van der Waals surface area (Å²) >= 11 is 0. The molecule has 0 aliphatic rings. The Balaban J connectivity index is 1.81. The molecule has 1 amide bonds. The Hall–Kier alpha value is -3.13. The highest BCUT2D eigenvalue weighted by Crippen LogP contribution is 2.29. The van der Waals surface area contributed by atoms with Crippen LogP contribution in [0, 0.1) is 13.8 Å². The highest BCUT2D eigenvalue weighted by Gasteiger charge is 2.15. The van der Waals surface area contributed by atoms with Gasteiger partial charge < -0.3 is 10.1 Å². The Morgan fingerprint density at radius 2 is 1.87 bits per heavy atom. The van der Waals surface area contributed by atoms with E-state index >= 15 is 0 Å². The highest BCUT2D eigenvalue weighted by molar-refractivity contribution is 7.92. The largest absolute Gasteiger partial charge is 0.494 e. The first-order chi connectivity index (χ1) is 14.2. The number of fused-ring (bicyclic) bond motifs is 1. The minimum absolute atomic E-state index is 0.0485. The summed E-state index contributed by atoms with van der Waals surface area (Å²) in [5, 5.41) is 3.88. The van der Waals surface area contributed by atoms with Crippen LogP contribution in [0.15, 0.2) is 42.5 Å². The number of aromatic nitrogens is 1. The average molecular weight is 428 g/mol. The molecule has 3 aromatic rings. The number of para-hydroxylation sites is 1. The number of benzene rings is 2. The molecule has 0 fully saturated rings. The van der Waals surface area contributed by atoms with Gasteiger partial charge in [0.15, 0.2) is 0 Å². The first kappa shape index (κ1) is 21.6. The lowest BCUT2D eigenvalue weighted by atomic mass is 9.99. The van der Waals surface area contributed by atoms with E-state index in [1.165, 1.54) is 7.11 Å². The molecule has 2 aromatic carbocycles. The predicted molar refractivity (Wildman–Crippen MR) is 120 cm³/mol. The van der Waals surface area contributed by atoms with Crippen LogP contribution >= 0.6 is 0 Å². The van der Waals surface area contributed by atoms with Crippen LogP contribution in [0.5, 0.6) is 5.75 Å². The molecule has 158 valence electrons. The number of ether oxygens (including phenoxy) is 1. The monoisotopic (exact) mass is 427 g/mol. The minimum atomic E-state index is -3.43. The summed E-state index contributed by atoms with van der Waals surface area (Å²) in [4.78, 5) is 17.3. The second kappa shape index (κ2) is 8.71. The maximum Gasteiger partial charge on any atom is 0.232 e. The maximum atomic E-state index is 12.7. The summed E-state index contributed by atoms with van der Waals surface area (Å²) in [5.41, 5.74) is 4.50. The molecule has 0 unspecified atom stereocenters. The number of carbonyl (C=O) groups is 1. The van der Waals surface area contributed by atoms with Crippen LogP contribution in [0.1, 0.15) is 23.7 Å². The van der Waals surface area contributed by atoms with Gasteiger partial charge in [0.25, 0.3) is 0 Å². The zero-order valence-electron chi connectivity index (χ0n) is 17.4. The molecule has 0 spiro atoms. The third-order valence-corrected chi connectivity index (χ3v) is 6.24. The zero-order valence-corrected chi connectivity index (χ0v) is 18.3. The molecular weight excluding hydrogens is 402 g/mol. The van der Waals surface area contributed by atoms with E-state index in [4.69, 9.17) is 4.74 Å². The third-order valence-electron chi connectivity index (χ3n) is 4.95. The Kier molecular flexibility index (Phi) is 6.26. The fourth-order valence-corrected chi connectivity index (χ4v) is 3.94. The molecule has 0 aliphatic carbocycles. The molecule has 1 aromatic heterocycles. The number of carbonyl (C=O) groups excluding carboxylic acids is 1. The van der Waals surface area contributed by atoms with E-state index in [1.807, 2.05) is 38.1 Å². The molecule has 0 saturated heterocycles. The van der Waals surface area contributed by atoms with Gasteiger partial charge in [-0.05, 0) is 50.1 Å². The van der Waals surface area contributed by atoms with Crippen molar-refractivity contribution in [3.05, 3.63) is 59.3 Å². The van der Waals surface area contributed by atoms with Gasteiger partial charge >= 0.3 is 0 Å². The molecular formula is C22H25N3O4S. The van der Waals surface area contributed by atoms with Gasteiger partial charge in [-0.2, -0.15) is 0 Å². The minimum Gasteiger partial charge on any atom is -0.494 e.